The Balaban J connectivity index is 1.51. The SMILES string of the molecule is COc1ccc(CN(C(=O)CCNC(=O)c2ccc([N+](=O)[O-])cc2)C2CC2)cc1. The van der Waals surface area contributed by atoms with Crippen molar-refractivity contribution < 1.29 is 19.2 Å². The number of amides is 2. The van der Waals surface area contributed by atoms with E-state index < -0.39 is 4.92 Å². The molecule has 2 aromatic rings. The number of carbonyl (C=O) groups excluding carboxylic acids is 2. The summed E-state index contributed by atoms with van der Waals surface area (Å²) in [7, 11) is 1.61. The van der Waals surface area contributed by atoms with Crippen LogP contribution >= 0.6 is 0 Å². The fourth-order valence-electron chi connectivity index (χ4n) is 3.00. The molecule has 0 saturated heterocycles. The van der Waals surface area contributed by atoms with Gasteiger partial charge in [0.2, 0.25) is 5.91 Å². The third-order valence-corrected chi connectivity index (χ3v) is 4.78. The van der Waals surface area contributed by atoms with Gasteiger partial charge in [0.05, 0.1) is 12.0 Å². The van der Waals surface area contributed by atoms with Crippen LogP contribution < -0.4 is 10.1 Å². The first-order chi connectivity index (χ1) is 14.0. The first kappa shape index (κ1) is 20.3. The summed E-state index contributed by atoms with van der Waals surface area (Å²) in [4.78, 5) is 36.8. The van der Waals surface area contributed by atoms with Gasteiger partial charge in [0, 0.05) is 43.2 Å². The molecule has 0 unspecified atom stereocenters. The number of hydrogen-bond donors (Lipinski definition) is 1. The minimum absolute atomic E-state index is 0.00711. The summed E-state index contributed by atoms with van der Waals surface area (Å²) >= 11 is 0. The second-order valence-electron chi connectivity index (χ2n) is 6.91. The largest absolute Gasteiger partial charge is 0.497 e. The van der Waals surface area contributed by atoms with Crippen molar-refractivity contribution in [3.8, 4) is 5.75 Å². The lowest BCUT2D eigenvalue weighted by atomic mass is 10.2. The van der Waals surface area contributed by atoms with E-state index in [2.05, 4.69) is 5.32 Å². The zero-order chi connectivity index (χ0) is 20.8. The molecule has 0 radical (unpaired) electrons. The van der Waals surface area contributed by atoms with Crippen molar-refractivity contribution in [1.82, 2.24) is 10.2 Å². The van der Waals surface area contributed by atoms with Crippen LogP contribution in [0.1, 0.15) is 35.2 Å². The number of non-ortho nitro benzene ring substituents is 1. The maximum atomic E-state index is 12.7. The molecule has 8 heteroatoms. The normalized spacial score (nSPS) is 12.9. The molecule has 1 N–H and O–H groups in total. The van der Waals surface area contributed by atoms with Gasteiger partial charge in [0.15, 0.2) is 0 Å². The predicted molar refractivity (Wildman–Crippen MR) is 107 cm³/mol. The van der Waals surface area contributed by atoms with Gasteiger partial charge >= 0.3 is 0 Å². The summed E-state index contributed by atoms with van der Waals surface area (Å²) in [6, 6.07) is 13.2. The van der Waals surface area contributed by atoms with Crippen LogP contribution in [0.25, 0.3) is 0 Å². The summed E-state index contributed by atoms with van der Waals surface area (Å²) in [5.41, 5.74) is 1.27. The quantitative estimate of drug-likeness (QED) is 0.518. The van der Waals surface area contributed by atoms with Crippen LogP contribution in [-0.2, 0) is 11.3 Å². The van der Waals surface area contributed by atoms with E-state index in [1.165, 1.54) is 24.3 Å². The van der Waals surface area contributed by atoms with Crippen molar-refractivity contribution in [2.24, 2.45) is 0 Å². The Morgan fingerprint density at radius 2 is 1.79 bits per heavy atom. The molecule has 3 rings (SSSR count). The Bertz CT molecular complexity index is 876. The number of ether oxygens (including phenoxy) is 1. The maximum Gasteiger partial charge on any atom is 0.269 e. The molecule has 2 amide bonds. The van der Waals surface area contributed by atoms with Crippen molar-refractivity contribution in [2.45, 2.75) is 31.8 Å². The van der Waals surface area contributed by atoms with Gasteiger partial charge < -0.3 is 15.0 Å². The molecule has 8 nitrogen and oxygen atoms in total. The lowest BCUT2D eigenvalue weighted by Gasteiger charge is -2.23. The van der Waals surface area contributed by atoms with Crippen LogP contribution in [0.15, 0.2) is 48.5 Å². The van der Waals surface area contributed by atoms with Gasteiger partial charge in [-0.25, -0.2) is 0 Å². The van der Waals surface area contributed by atoms with Gasteiger partial charge in [-0.15, -0.1) is 0 Å². The molecule has 152 valence electrons. The second kappa shape index (κ2) is 9.18. The fraction of sp³-hybridized carbons (Fsp3) is 0.333. The Hall–Kier alpha value is -3.42. The van der Waals surface area contributed by atoms with Gasteiger partial charge in [0.1, 0.15) is 5.75 Å². The highest BCUT2D eigenvalue weighted by Crippen LogP contribution is 2.29. The highest BCUT2D eigenvalue weighted by atomic mass is 16.6. The van der Waals surface area contributed by atoms with E-state index in [0.29, 0.717) is 12.1 Å². The molecule has 0 aromatic heterocycles. The molecular formula is C21H23N3O5. The predicted octanol–water partition coefficient (Wildman–Crippen LogP) is 2.91. The zero-order valence-electron chi connectivity index (χ0n) is 16.2. The summed E-state index contributed by atoms with van der Waals surface area (Å²) < 4.78 is 5.16. The Kier molecular flexibility index (Phi) is 6.43. The molecule has 2 aromatic carbocycles. The first-order valence-electron chi connectivity index (χ1n) is 9.43. The monoisotopic (exact) mass is 397 g/mol. The lowest BCUT2D eigenvalue weighted by molar-refractivity contribution is -0.384. The molecule has 0 bridgehead atoms. The number of benzene rings is 2. The number of nitrogens with one attached hydrogen (secondary N) is 1. The van der Waals surface area contributed by atoms with Crippen molar-refractivity contribution in [3.05, 3.63) is 69.8 Å². The lowest BCUT2D eigenvalue weighted by Crippen LogP contribution is -2.35. The van der Waals surface area contributed by atoms with Crippen LogP contribution in [0.3, 0.4) is 0 Å². The molecular weight excluding hydrogens is 374 g/mol. The van der Waals surface area contributed by atoms with Gasteiger partial charge in [-0.05, 0) is 42.7 Å². The Morgan fingerprint density at radius 1 is 1.14 bits per heavy atom. The zero-order valence-corrected chi connectivity index (χ0v) is 16.2. The topological polar surface area (TPSA) is 102 Å². The summed E-state index contributed by atoms with van der Waals surface area (Å²) in [6.07, 6.45) is 2.19. The minimum Gasteiger partial charge on any atom is -0.497 e. The van der Waals surface area contributed by atoms with Gasteiger partial charge in [-0.3, -0.25) is 19.7 Å². The number of rotatable bonds is 9. The number of methoxy groups -OCH3 is 1. The van der Waals surface area contributed by atoms with E-state index in [1.807, 2.05) is 29.2 Å². The molecule has 0 spiro atoms. The molecule has 1 fully saturated rings. The van der Waals surface area contributed by atoms with Crippen LogP contribution in [0.4, 0.5) is 5.69 Å². The average molecular weight is 397 g/mol. The molecule has 1 saturated carbocycles. The number of carbonyl (C=O) groups is 2. The van der Waals surface area contributed by atoms with Crippen LogP contribution in [-0.4, -0.2) is 41.3 Å². The average Bonchev–Trinajstić information content (AvgIpc) is 3.57. The molecule has 0 aliphatic heterocycles. The first-order valence-corrected chi connectivity index (χ1v) is 9.43. The van der Waals surface area contributed by atoms with Crippen LogP contribution in [0.2, 0.25) is 0 Å². The van der Waals surface area contributed by atoms with Crippen molar-refractivity contribution in [3.63, 3.8) is 0 Å². The summed E-state index contributed by atoms with van der Waals surface area (Å²) in [5, 5.41) is 13.4. The van der Waals surface area contributed by atoms with E-state index in [9.17, 15) is 19.7 Å². The highest BCUT2D eigenvalue weighted by Gasteiger charge is 2.32. The molecule has 0 atom stereocenters. The van der Waals surface area contributed by atoms with Crippen molar-refractivity contribution >= 4 is 17.5 Å². The number of nitro groups is 1. The number of nitro benzene ring substituents is 1. The summed E-state index contributed by atoms with van der Waals surface area (Å²) in [6.45, 7) is 0.740. The molecule has 1 aliphatic carbocycles. The van der Waals surface area contributed by atoms with Crippen molar-refractivity contribution in [1.29, 1.82) is 0 Å². The summed E-state index contributed by atoms with van der Waals surface area (Å²) in [5.74, 6) is 0.403. The van der Waals surface area contributed by atoms with Crippen LogP contribution in [0.5, 0.6) is 5.75 Å². The number of hydrogen-bond acceptors (Lipinski definition) is 5. The third-order valence-electron chi connectivity index (χ3n) is 4.78. The smallest absolute Gasteiger partial charge is 0.269 e. The molecule has 29 heavy (non-hydrogen) atoms. The Morgan fingerprint density at radius 3 is 2.34 bits per heavy atom. The van der Waals surface area contributed by atoms with E-state index >= 15 is 0 Å². The van der Waals surface area contributed by atoms with Gasteiger partial charge in [-0.1, -0.05) is 12.1 Å². The van der Waals surface area contributed by atoms with E-state index in [-0.39, 0.29) is 36.5 Å². The van der Waals surface area contributed by atoms with Gasteiger partial charge in [0.25, 0.3) is 11.6 Å². The van der Waals surface area contributed by atoms with Gasteiger partial charge in [-0.2, -0.15) is 0 Å². The maximum absolute atomic E-state index is 12.7. The van der Waals surface area contributed by atoms with E-state index in [1.54, 1.807) is 7.11 Å². The molecule has 0 heterocycles. The van der Waals surface area contributed by atoms with E-state index in [4.69, 9.17) is 4.74 Å². The fourth-order valence-corrected chi connectivity index (χ4v) is 3.00. The van der Waals surface area contributed by atoms with E-state index in [0.717, 1.165) is 24.2 Å². The highest BCUT2D eigenvalue weighted by molar-refractivity contribution is 5.94. The third kappa shape index (κ3) is 5.54. The minimum atomic E-state index is -0.518. The number of nitrogens with zero attached hydrogens (tertiary/aromatic N) is 2. The van der Waals surface area contributed by atoms with Crippen molar-refractivity contribution in [2.75, 3.05) is 13.7 Å². The molecule has 1 aliphatic rings. The standard InChI is InChI=1S/C21H23N3O5/c1-29-19-10-2-15(3-11-19)14-23(17-8-9-17)20(25)12-13-22-21(26)16-4-6-18(7-5-16)24(27)28/h2-7,10-11,17H,8-9,12-14H2,1H3,(H,22,26). The Labute approximate surface area is 168 Å². The van der Waals surface area contributed by atoms with Crippen LogP contribution in [0, 0.1) is 10.1 Å². The second-order valence-corrected chi connectivity index (χ2v) is 6.91.